The molecule has 3 aromatic heterocycles. The summed E-state index contributed by atoms with van der Waals surface area (Å²) in [5.74, 6) is 0.468. The molecule has 0 aliphatic heterocycles. The van der Waals surface area contributed by atoms with Crippen LogP contribution in [-0.4, -0.2) is 40.8 Å². The summed E-state index contributed by atoms with van der Waals surface area (Å²) >= 11 is 1.26. The third-order valence-electron chi connectivity index (χ3n) is 4.03. The van der Waals surface area contributed by atoms with Gasteiger partial charge in [0.25, 0.3) is 0 Å². The van der Waals surface area contributed by atoms with Crippen molar-refractivity contribution >= 4 is 34.2 Å². The number of benzene rings is 1. The van der Waals surface area contributed by atoms with Gasteiger partial charge >= 0.3 is 0 Å². The Labute approximate surface area is 153 Å². The highest BCUT2D eigenvalue weighted by molar-refractivity contribution is 7.99. The van der Waals surface area contributed by atoms with E-state index in [4.69, 9.17) is 10.7 Å². The summed E-state index contributed by atoms with van der Waals surface area (Å²) < 4.78 is 3.76. The number of primary amides is 1. The predicted molar refractivity (Wildman–Crippen MR) is 98.9 cm³/mol. The Morgan fingerprint density at radius 1 is 1.27 bits per heavy atom. The van der Waals surface area contributed by atoms with Crippen molar-refractivity contribution in [2.45, 2.75) is 25.0 Å². The van der Waals surface area contributed by atoms with E-state index in [-0.39, 0.29) is 5.75 Å². The molecular formula is C17H17N7OS. The largest absolute Gasteiger partial charge is 0.369 e. The Morgan fingerprint density at radius 3 is 2.88 bits per heavy atom. The molecule has 4 aromatic rings. The van der Waals surface area contributed by atoms with Gasteiger partial charge in [0, 0.05) is 30.2 Å². The molecule has 0 bridgehead atoms. The number of nitrogens with two attached hydrogens (primary N) is 1. The van der Waals surface area contributed by atoms with Crippen LogP contribution in [0.3, 0.4) is 0 Å². The fourth-order valence-electron chi connectivity index (χ4n) is 2.75. The maximum absolute atomic E-state index is 11.2. The lowest BCUT2D eigenvalue weighted by atomic mass is 10.2. The summed E-state index contributed by atoms with van der Waals surface area (Å²) in [5, 5.41) is 6.14. The molecule has 9 heteroatoms. The molecule has 4 rings (SSSR count). The van der Waals surface area contributed by atoms with Gasteiger partial charge in [0.1, 0.15) is 0 Å². The minimum Gasteiger partial charge on any atom is -0.369 e. The molecular weight excluding hydrogens is 350 g/mol. The van der Waals surface area contributed by atoms with Crippen LogP contribution < -0.4 is 5.73 Å². The van der Waals surface area contributed by atoms with Gasteiger partial charge in [-0.1, -0.05) is 23.9 Å². The van der Waals surface area contributed by atoms with Crippen LogP contribution in [0.25, 0.3) is 16.6 Å². The van der Waals surface area contributed by atoms with Crippen LogP contribution in [0.5, 0.6) is 0 Å². The van der Waals surface area contributed by atoms with E-state index >= 15 is 0 Å². The Hall–Kier alpha value is -2.94. The lowest BCUT2D eigenvalue weighted by molar-refractivity contribution is -0.115. The molecule has 0 aliphatic carbocycles. The first kappa shape index (κ1) is 16.5. The van der Waals surface area contributed by atoms with Gasteiger partial charge in [0.2, 0.25) is 5.91 Å². The number of thioether (sulfide) groups is 1. The molecule has 0 fully saturated rings. The summed E-state index contributed by atoms with van der Waals surface area (Å²) in [6.45, 7) is 2.76. The molecule has 0 spiro atoms. The predicted octanol–water partition coefficient (Wildman–Crippen LogP) is 1.60. The van der Waals surface area contributed by atoms with E-state index in [0.717, 1.165) is 34.6 Å². The second-order valence-electron chi connectivity index (χ2n) is 5.91. The van der Waals surface area contributed by atoms with Gasteiger partial charge in [0.05, 0.1) is 17.6 Å². The number of fused-ring (bicyclic) bond motifs is 3. The smallest absolute Gasteiger partial charge is 0.227 e. The summed E-state index contributed by atoms with van der Waals surface area (Å²) in [5.41, 5.74) is 7.92. The Kier molecular flexibility index (Phi) is 4.29. The van der Waals surface area contributed by atoms with Crippen LogP contribution in [-0.2, 0) is 17.8 Å². The maximum atomic E-state index is 11.2. The highest BCUT2D eigenvalue weighted by Crippen LogP contribution is 2.23. The van der Waals surface area contributed by atoms with Crippen LogP contribution in [0, 0.1) is 6.92 Å². The first-order chi connectivity index (χ1) is 12.6. The van der Waals surface area contributed by atoms with E-state index in [1.54, 1.807) is 10.8 Å². The molecule has 0 unspecified atom stereocenters. The molecule has 1 aromatic carbocycles. The van der Waals surface area contributed by atoms with Gasteiger partial charge in [0.15, 0.2) is 16.6 Å². The number of hydrogen-bond acceptors (Lipinski definition) is 6. The molecule has 26 heavy (non-hydrogen) atoms. The van der Waals surface area contributed by atoms with Crippen LogP contribution in [0.15, 0.2) is 41.9 Å². The van der Waals surface area contributed by atoms with Crippen molar-refractivity contribution in [2.24, 2.45) is 5.73 Å². The number of rotatable bonds is 6. The Morgan fingerprint density at radius 2 is 2.12 bits per heavy atom. The fraction of sp³-hybridized carbons (Fsp3) is 0.235. The van der Waals surface area contributed by atoms with Crippen LogP contribution in [0.1, 0.15) is 11.5 Å². The second-order valence-corrected chi connectivity index (χ2v) is 6.85. The van der Waals surface area contributed by atoms with Gasteiger partial charge in [-0.2, -0.15) is 4.52 Å². The van der Waals surface area contributed by atoms with Gasteiger partial charge in [-0.25, -0.2) is 15.0 Å². The van der Waals surface area contributed by atoms with E-state index in [1.807, 2.05) is 37.4 Å². The first-order valence-corrected chi connectivity index (χ1v) is 9.12. The number of para-hydroxylation sites is 1. The minimum atomic E-state index is -0.394. The monoisotopic (exact) mass is 367 g/mol. The summed E-state index contributed by atoms with van der Waals surface area (Å²) in [6, 6.07) is 7.77. The molecule has 132 valence electrons. The first-order valence-electron chi connectivity index (χ1n) is 8.14. The zero-order valence-electron chi connectivity index (χ0n) is 14.2. The van der Waals surface area contributed by atoms with E-state index < -0.39 is 5.91 Å². The van der Waals surface area contributed by atoms with Crippen LogP contribution in [0.4, 0.5) is 0 Å². The Balaban J connectivity index is 1.74. The maximum Gasteiger partial charge on any atom is 0.227 e. The van der Waals surface area contributed by atoms with Crippen molar-refractivity contribution in [3.63, 3.8) is 0 Å². The van der Waals surface area contributed by atoms with Crippen molar-refractivity contribution in [3.8, 4) is 0 Å². The van der Waals surface area contributed by atoms with Crippen molar-refractivity contribution in [3.05, 3.63) is 48.3 Å². The Bertz CT molecular complexity index is 1100. The molecule has 2 N–H and O–H groups in total. The molecule has 8 nitrogen and oxygen atoms in total. The molecule has 0 aliphatic rings. The fourth-order valence-corrected chi connectivity index (χ4v) is 3.43. The number of hydrogen-bond donors (Lipinski definition) is 1. The molecule has 0 saturated carbocycles. The average molecular weight is 367 g/mol. The molecule has 0 atom stereocenters. The van der Waals surface area contributed by atoms with Gasteiger partial charge in [-0.05, 0) is 19.1 Å². The number of amides is 1. The number of carbonyl (C=O) groups excluding carboxylic acids is 1. The van der Waals surface area contributed by atoms with Crippen molar-refractivity contribution in [2.75, 3.05) is 5.75 Å². The van der Waals surface area contributed by atoms with Crippen molar-refractivity contribution in [1.29, 1.82) is 0 Å². The highest BCUT2D eigenvalue weighted by Gasteiger charge is 2.14. The topological polar surface area (TPSA) is 104 Å². The second kappa shape index (κ2) is 6.75. The van der Waals surface area contributed by atoms with E-state index in [9.17, 15) is 4.79 Å². The number of imidazole rings is 1. The van der Waals surface area contributed by atoms with Crippen LogP contribution >= 0.6 is 11.8 Å². The van der Waals surface area contributed by atoms with Crippen molar-refractivity contribution in [1.82, 2.24) is 29.1 Å². The van der Waals surface area contributed by atoms with Crippen molar-refractivity contribution < 1.29 is 4.79 Å². The number of aromatic nitrogens is 6. The van der Waals surface area contributed by atoms with E-state index in [0.29, 0.717) is 11.6 Å². The zero-order valence-corrected chi connectivity index (χ0v) is 15.0. The lowest BCUT2D eigenvalue weighted by Crippen LogP contribution is -2.14. The number of nitrogens with zero attached hydrogens (tertiary/aromatic N) is 6. The average Bonchev–Trinajstić information content (AvgIpc) is 3.24. The lowest BCUT2D eigenvalue weighted by Gasteiger charge is -2.04. The number of aryl methyl sites for hydroxylation is 3. The third kappa shape index (κ3) is 3.13. The standard InChI is InChI=1S/C17H17N7OS/c1-11-8-19-10-23(11)7-6-15-21-16-12-4-2-3-5-13(12)20-17(24(16)22-15)26-9-14(18)25/h2-5,8,10H,6-7,9H2,1H3,(H2,18,25). The zero-order chi connectivity index (χ0) is 18.1. The molecule has 1 amide bonds. The summed E-state index contributed by atoms with van der Waals surface area (Å²) in [4.78, 5) is 24.6. The van der Waals surface area contributed by atoms with Gasteiger partial charge in [-0.3, -0.25) is 4.79 Å². The normalized spacial score (nSPS) is 11.4. The van der Waals surface area contributed by atoms with Gasteiger partial charge in [-0.15, -0.1) is 5.10 Å². The molecule has 3 heterocycles. The van der Waals surface area contributed by atoms with E-state index in [1.165, 1.54) is 11.8 Å². The van der Waals surface area contributed by atoms with E-state index in [2.05, 4.69) is 19.6 Å². The quantitative estimate of drug-likeness (QED) is 0.410. The molecule has 0 saturated heterocycles. The number of carbonyl (C=O) groups is 1. The SMILES string of the molecule is Cc1cncn1CCc1nc2c3ccccc3nc(SCC(N)=O)n2n1. The molecule has 0 radical (unpaired) electrons. The highest BCUT2D eigenvalue weighted by atomic mass is 32.2. The summed E-state index contributed by atoms with van der Waals surface area (Å²) in [6.07, 6.45) is 4.30. The van der Waals surface area contributed by atoms with Crippen LogP contribution in [0.2, 0.25) is 0 Å². The minimum absolute atomic E-state index is 0.143. The summed E-state index contributed by atoms with van der Waals surface area (Å²) in [7, 11) is 0. The van der Waals surface area contributed by atoms with Gasteiger partial charge < -0.3 is 10.3 Å². The third-order valence-corrected chi connectivity index (χ3v) is 4.98.